The zero-order valence-corrected chi connectivity index (χ0v) is 21.2. The first-order chi connectivity index (χ1) is 18.5. The fourth-order valence-corrected chi connectivity index (χ4v) is 6.28. The van der Waals surface area contributed by atoms with E-state index in [-0.39, 0.29) is 32.3 Å². The molecule has 6 atom stereocenters. The van der Waals surface area contributed by atoms with Gasteiger partial charge in [-0.15, -0.1) is 5.10 Å². The summed E-state index contributed by atoms with van der Waals surface area (Å²) >= 11 is 0. The maximum absolute atomic E-state index is 14.3. The SMILES string of the molecule is C[C@H](CO)N1C(=O)[C@@H]2[C@@H]3C(=O)OCCCC/C=C\[C@@H]3O[C@@]23C=CCN(Cn2nnc4ccccc42)C(=O)C13. The van der Waals surface area contributed by atoms with Crippen molar-refractivity contribution in [3.8, 4) is 0 Å². The quantitative estimate of drug-likeness (QED) is 0.467. The maximum atomic E-state index is 14.3. The van der Waals surface area contributed by atoms with Gasteiger partial charge in [0.25, 0.3) is 5.91 Å². The second-order valence-corrected chi connectivity index (χ2v) is 10.4. The number of hydrogen-bond acceptors (Lipinski definition) is 8. The molecule has 38 heavy (non-hydrogen) atoms. The second kappa shape index (κ2) is 9.63. The lowest BCUT2D eigenvalue weighted by molar-refractivity contribution is -0.156. The van der Waals surface area contributed by atoms with Gasteiger partial charge >= 0.3 is 5.97 Å². The fourth-order valence-electron chi connectivity index (χ4n) is 6.28. The smallest absolute Gasteiger partial charge is 0.312 e. The molecule has 2 saturated heterocycles. The third kappa shape index (κ3) is 3.75. The molecule has 6 rings (SSSR count). The first-order valence-electron chi connectivity index (χ1n) is 13.1. The maximum Gasteiger partial charge on any atom is 0.312 e. The summed E-state index contributed by atoms with van der Waals surface area (Å²) in [6.07, 6.45) is 9.12. The van der Waals surface area contributed by atoms with Gasteiger partial charge in [0.15, 0.2) is 0 Å². The van der Waals surface area contributed by atoms with Crippen molar-refractivity contribution < 1.29 is 29.0 Å². The van der Waals surface area contributed by atoms with Crippen LogP contribution in [0.15, 0.2) is 48.6 Å². The minimum absolute atomic E-state index is 0.116. The molecule has 0 aliphatic carbocycles. The number of cyclic esters (lactones) is 1. The monoisotopic (exact) mass is 521 g/mol. The van der Waals surface area contributed by atoms with Gasteiger partial charge in [-0.25, -0.2) is 4.68 Å². The highest BCUT2D eigenvalue weighted by Gasteiger charge is 2.72. The number of hydrogen-bond donors (Lipinski definition) is 1. The number of carbonyl (C=O) groups is 3. The van der Waals surface area contributed by atoms with E-state index in [1.54, 1.807) is 22.6 Å². The van der Waals surface area contributed by atoms with Crippen LogP contribution in [0.4, 0.5) is 0 Å². The molecule has 5 heterocycles. The van der Waals surface area contributed by atoms with E-state index in [2.05, 4.69) is 10.3 Å². The number of aliphatic hydroxyl groups is 1. The summed E-state index contributed by atoms with van der Waals surface area (Å²) in [5.41, 5.74) is 0.115. The van der Waals surface area contributed by atoms with Gasteiger partial charge < -0.3 is 24.4 Å². The van der Waals surface area contributed by atoms with Gasteiger partial charge in [-0.3, -0.25) is 14.4 Å². The number of rotatable bonds is 4. The predicted molar refractivity (Wildman–Crippen MR) is 134 cm³/mol. The Bertz CT molecular complexity index is 1320. The van der Waals surface area contributed by atoms with Crippen LogP contribution in [0.3, 0.4) is 0 Å². The van der Waals surface area contributed by atoms with E-state index in [1.165, 1.54) is 4.90 Å². The lowest BCUT2D eigenvalue weighted by Crippen LogP contribution is -2.57. The van der Waals surface area contributed by atoms with E-state index >= 15 is 0 Å². The van der Waals surface area contributed by atoms with Gasteiger partial charge in [-0.2, -0.15) is 0 Å². The van der Waals surface area contributed by atoms with Crippen molar-refractivity contribution in [1.82, 2.24) is 24.8 Å². The molecule has 2 amide bonds. The number of amides is 2. The van der Waals surface area contributed by atoms with Crippen molar-refractivity contribution in [3.05, 3.63) is 48.6 Å². The molecule has 1 N–H and O–H groups in total. The topological polar surface area (TPSA) is 127 Å². The Morgan fingerprint density at radius 1 is 1.16 bits per heavy atom. The summed E-state index contributed by atoms with van der Waals surface area (Å²) < 4.78 is 13.8. The largest absolute Gasteiger partial charge is 0.465 e. The number of carbonyl (C=O) groups excluding carboxylic acids is 3. The number of aromatic nitrogens is 3. The van der Waals surface area contributed by atoms with Gasteiger partial charge in [0.2, 0.25) is 5.91 Å². The molecular weight excluding hydrogens is 490 g/mol. The molecule has 0 radical (unpaired) electrons. The summed E-state index contributed by atoms with van der Waals surface area (Å²) in [4.78, 5) is 44.6. The van der Waals surface area contributed by atoms with Gasteiger partial charge in [-0.1, -0.05) is 41.7 Å². The van der Waals surface area contributed by atoms with Crippen molar-refractivity contribution in [2.45, 2.75) is 56.6 Å². The Morgan fingerprint density at radius 2 is 2.00 bits per heavy atom. The first-order valence-corrected chi connectivity index (χ1v) is 13.1. The molecule has 11 nitrogen and oxygen atoms in total. The number of likely N-dealkylation sites (tertiary alicyclic amines) is 1. The van der Waals surface area contributed by atoms with Crippen LogP contribution in [-0.4, -0.2) is 91.2 Å². The average molecular weight is 522 g/mol. The number of nitrogens with zero attached hydrogens (tertiary/aromatic N) is 5. The summed E-state index contributed by atoms with van der Waals surface area (Å²) in [6, 6.07) is 5.75. The van der Waals surface area contributed by atoms with Gasteiger partial charge in [0.05, 0.1) is 36.8 Å². The highest BCUT2D eigenvalue weighted by molar-refractivity contribution is 5.99. The lowest BCUT2D eigenvalue weighted by atomic mass is 9.78. The number of aliphatic hydroxyl groups excluding tert-OH is 1. The van der Waals surface area contributed by atoms with Gasteiger partial charge in [0.1, 0.15) is 29.7 Å². The zero-order chi connectivity index (χ0) is 26.4. The molecular formula is C27H31N5O6. The van der Waals surface area contributed by atoms with Crippen molar-refractivity contribution in [1.29, 1.82) is 0 Å². The molecule has 200 valence electrons. The Balaban J connectivity index is 1.41. The van der Waals surface area contributed by atoms with E-state index in [4.69, 9.17) is 9.47 Å². The number of fused-ring (bicyclic) bond motifs is 3. The molecule has 2 aromatic rings. The van der Waals surface area contributed by atoms with Crippen LogP contribution in [0, 0.1) is 11.8 Å². The first kappa shape index (κ1) is 24.7. The Morgan fingerprint density at radius 3 is 2.84 bits per heavy atom. The van der Waals surface area contributed by atoms with E-state index in [0.717, 1.165) is 24.8 Å². The van der Waals surface area contributed by atoms with Crippen molar-refractivity contribution >= 4 is 28.8 Å². The summed E-state index contributed by atoms with van der Waals surface area (Å²) in [7, 11) is 0. The van der Waals surface area contributed by atoms with Crippen LogP contribution in [0.1, 0.15) is 26.2 Å². The molecule has 0 bridgehead atoms. The Kier molecular flexibility index (Phi) is 6.27. The van der Waals surface area contributed by atoms with E-state index in [1.807, 2.05) is 42.5 Å². The summed E-state index contributed by atoms with van der Waals surface area (Å²) in [5, 5.41) is 18.5. The van der Waals surface area contributed by atoms with Crippen molar-refractivity contribution in [3.63, 3.8) is 0 Å². The summed E-state index contributed by atoms with van der Waals surface area (Å²) in [6.45, 7) is 2.00. The standard InChI is InChI=1S/C27H31N5O6/c1-17(15-33)32-23-25(35)30(16-31-19-10-6-5-9-18(19)28-29-31)13-8-12-27(23)22(24(32)34)21-20(38-27)11-4-2-3-7-14-37-26(21)36/h4-6,8-12,17,20-23,33H,2-3,7,13-16H2,1H3/b11-4-/t17-,20+,21-,22+,23?,27+/m1/s1. The molecule has 0 saturated carbocycles. The molecule has 11 heteroatoms. The molecule has 1 aromatic heterocycles. The normalized spacial score (nSPS) is 32.9. The predicted octanol–water partition coefficient (Wildman–Crippen LogP) is 1.03. The highest BCUT2D eigenvalue weighted by Crippen LogP contribution is 2.53. The number of esters is 1. The minimum atomic E-state index is -1.37. The molecule has 4 aliphatic heterocycles. The summed E-state index contributed by atoms with van der Waals surface area (Å²) in [5.74, 6) is -3.07. The Hall–Kier alpha value is -3.57. The molecule has 1 aromatic carbocycles. The third-order valence-electron chi connectivity index (χ3n) is 8.09. The van der Waals surface area contributed by atoms with Crippen LogP contribution in [0.2, 0.25) is 0 Å². The van der Waals surface area contributed by atoms with Gasteiger partial charge in [0, 0.05) is 6.54 Å². The Labute approximate surface area is 219 Å². The van der Waals surface area contributed by atoms with Crippen LogP contribution in [0.25, 0.3) is 11.0 Å². The molecule has 1 unspecified atom stereocenters. The van der Waals surface area contributed by atoms with Crippen LogP contribution in [-0.2, 0) is 30.5 Å². The molecule has 4 aliphatic rings. The zero-order valence-electron chi connectivity index (χ0n) is 21.2. The highest BCUT2D eigenvalue weighted by atomic mass is 16.6. The number of allylic oxidation sites excluding steroid dienone is 1. The fraction of sp³-hybridized carbons (Fsp3) is 0.519. The number of para-hydroxylation sites is 1. The van der Waals surface area contributed by atoms with E-state index < -0.39 is 47.5 Å². The van der Waals surface area contributed by atoms with Crippen molar-refractivity contribution in [2.24, 2.45) is 11.8 Å². The number of benzene rings is 1. The van der Waals surface area contributed by atoms with E-state index in [0.29, 0.717) is 5.52 Å². The lowest BCUT2D eigenvalue weighted by Gasteiger charge is -2.37. The van der Waals surface area contributed by atoms with Crippen LogP contribution >= 0.6 is 0 Å². The van der Waals surface area contributed by atoms with Crippen LogP contribution in [0.5, 0.6) is 0 Å². The van der Waals surface area contributed by atoms with Gasteiger partial charge in [-0.05, 0) is 38.3 Å². The van der Waals surface area contributed by atoms with Crippen molar-refractivity contribution in [2.75, 3.05) is 19.8 Å². The second-order valence-electron chi connectivity index (χ2n) is 10.4. The van der Waals surface area contributed by atoms with Crippen LogP contribution < -0.4 is 0 Å². The molecule has 1 spiro atoms. The number of ether oxygens (including phenoxy) is 2. The molecule has 2 fully saturated rings. The minimum Gasteiger partial charge on any atom is -0.465 e. The third-order valence-corrected chi connectivity index (χ3v) is 8.09. The average Bonchev–Trinajstić information content (AvgIpc) is 3.52. The van der Waals surface area contributed by atoms with E-state index in [9.17, 15) is 19.5 Å².